The Hall–Kier alpha value is -1.92. The molecule has 0 saturated heterocycles. The van der Waals surface area contributed by atoms with Gasteiger partial charge >= 0.3 is 0 Å². The third-order valence-corrected chi connectivity index (χ3v) is 6.18. The molecule has 0 saturated carbocycles. The standard InChI is InChI=1S/C19H24N2O3S.ClH/c1-3-25(22,23)16-8-10-19(24-2)17(13-16)18-9-7-15(21-18)12-14-6-4-5-11-20-14;/h6-10,13,20-21H,3-5,11-12H2,1-2H3;1H. The molecule has 0 unspecified atom stereocenters. The SMILES string of the molecule is CCS(=O)(=O)c1ccc(OC)c(-c2ccc(CC3=CCCCN3)[nH]2)c1.Cl. The molecule has 142 valence electrons. The number of H-pyrrole nitrogens is 1. The molecule has 7 heteroatoms. The first-order chi connectivity index (χ1) is 12.0. The first kappa shape index (κ1) is 20.4. The van der Waals surface area contributed by atoms with E-state index in [0.29, 0.717) is 10.6 Å². The smallest absolute Gasteiger partial charge is 0.178 e. The molecule has 2 N–H and O–H groups in total. The van der Waals surface area contributed by atoms with Crippen LogP contribution in [0.2, 0.25) is 0 Å². The van der Waals surface area contributed by atoms with E-state index in [0.717, 1.165) is 36.3 Å². The van der Waals surface area contributed by atoms with E-state index < -0.39 is 9.84 Å². The first-order valence-corrected chi connectivity index (χ1v) is 10.2. The van der Waals surface area contributed by atoms with E-state index in [4.69, 9.17) is 4.74 Å². The van der Waals surface area contributed by atoms with Gasteiger partial charge in [-0.3, -0.25) is 0 Å². The molecule has 2 heterocycles. The Morgan fingerprint density at radius 3 is 2.65 bits per heavy atom. The quantitative estimate of drug-likeness (QED) is 0.780. The summed E-state index contributed by atoms with van der Waals surface area (Å²) in [7, 11) is -1.67. The Morgan fingerprint density at radius 1 is 1.19 bits per heavy atom. The lowest BCUT2D eigenvalue weighted by Crippen LogP contribution is -2.20. The van der Waals surface area contributed by atoms with Crippen molar-refractivity contribution in [2.45, 2.75) is 31.1 Å². The van der Waals surface area contributed by atoms with Crippen molar-refractivity contribution in [3.63, 3.8) is 0 Å². The molecule has 1 aromatic heterocycles. The molecule has 1 aliphatic heterocycles. The van der Waals surface area contributed by atoms with Gasteiger partial charge in [0.2, 0.25) is 0 Å². The second-order valence-electron chi connectivity index (χ2n) is 6.14. The van der Waals surface area contributed by atoms with Crippen LogP contribution in [0.25, 0.3) is 11.3 Å². The van der Waals surface area contributed by atoms with E-state index in [9.17, 15) is 8.42 Å². The van der Waals surface area contributed by atoms with Crippen molar-refractivity contribution >= 4 is 22.2 Å². The zero-order valence-corrected chi connectivity index (χ0v) is 16.7. The number of nitrogens with one attached hydrogen (secondary N) is 2. The Morgan fingerprint density at radius 2 is 2.00 bits per heavy atom. The summed E-state index contributed by atoms with van der Waals surface area (Å²) in [4.78, 5) is 3.71. The summed E-state index contributed by atoms with van der Waals surface area (Å²) in [5.74, 6) is 0.729. The van der Waals surface area contributed by atoms with Gasteiger partial charge in [-0.2, -0.15) is 0 Å². The highest BCUT2D eigenvalue weighted by molar-refractivity contribution is 7.91. The van der Waals surface area contributed by atoms with Gasteiger partial charge in [0.05, 0.1) is 17.8 Å². The lowest BCUT2D eigenvalue weighted by molar-refractivity contribution is 0.416. The molecule has 0 fully saturated rings. The van der Waals surface area contributed by atoms with Crippen LogP contribution >= 0.6 is 12.4 Å². The number of aromatic amines is 1. The second kappa shape index (κ2) is 8.64. The van der Waals surface area contributed by atoms with Gasteiger partial charge in [0.25, 0.3) is 0 Å². The van der Waals surface area contributed by atoms with Gasteiger partial charge in [-0.15, -0.1) is 12.4 Å². The van der Waals surface area contributed by atoms with Crippen LogP contribution in [0.15, 0.2) is 47.0 Å². The molecule has 26 heavy (non-hydrogen) atoms. The molecule has 3 rings (SSSR count). The molecule has 0 aliphatic carbocycles. The van der Waals surface area contributed by atoms with Gasteiger partial charge in [-0.1, -0.05) is 13.0 Å². The highest BCUT2D eigenvalue weighted by Crippen LogP contribution is 2.32. The predicted octanol–water partition coefficient (Wildman–Crippen LogP) is 3.72. The number of rotatable bonds is 6. The van der Waals surface area contributed by atoms with Gasteiger partial charge in [-0.25, -0.2) is 8.42 Å². The Labute approximate surface area is 161 Å². The number of hydrogen-bond acceptors (Lipinski definition) is 4. The van der Waals surface area contributed by atoms with Crippen LogP contribution in [0, 0.1) is 0 Å². The van der Waals surface area contributed by atoms with Crippen molar-refractivity contribution in [1.29, 1.82) is 0 Å². The Bertz CT molecular complexity index is 888. The molecule has 5 nitrogen and oxygen atoms in total. The molecule has 1 aromatic carbocycles. The third-order valence-electron chi connectivity index (χ3n) is 4.45. The van der Waals surface area contributed by atoms with Gasteiger partial charge in [0, 0.05) is 35.6 Å². The largest absolute Gasteiger partial charge is 0.496 e. The minimum atomic E-state index is -3.26. The predicted molar refractivity (Wildman–Crippen MR) is 107 cm³/mol. The van der Waals surface area contributed by atoms with Crippen LogP contribution in [0.1, 0.15) is 25.5 Å². The summed E-state index contributed by atoms with van der Waals surface area (Å²) in [6.07, 6.45) is 5.34. The van der Waals surface area contributed by atoms with E-state index >= 15 is 0 Å². The lowest BCUT2D eigenvalue weighted by atomic mass is 10.1. The van der Waals surface area contributed by atoms with Crippen molar-refractivity contribution in [2.75, 3.05) is 19.4 Å². The van der Waals surface area contributed by atoms with Crippen LogP contribution in [0.3, 0.4) is 0 Å². The average molecular weight is 397 g/mol. The minimum Gasteiger partial charge on any atom is -0.496 e. The highest BCUT2D eigenvalue weighted by Gasteiger charge is 2.16. The number of hydrogen-bond donors (Lipinski definition) is 2. The van der Waals surface area contributed by atoms with Crippen LogP contribution in [-0.4, -0.2) is 32.8 Å². The monoisotopic (exact) mass is 396 g/mol. The van der Waals surface area contributed by atoms with Gasteiger partial charge in [-0.05, 0) is 43.2 Å². The summed E-state index contributed by atoms with van der Waals surface area (Å²) in [5.41, 5.74) is 3.93. The van der Waals surface area contributed by atoms with Gasteiger partial charge in [0.1, 0.15) is 5.75 Å². The van der Waals surface area contributed by atoms with Crippen LogP contribution in [0.5, 0.6) is 5.75 Å². The number of sulfone groups is 1. The number of methoxy groups -OCH3 is 1. The zero-order chi connectivity index (χ0) is 17.9. The molecular formula is C19H25ClN2O3S. The maximum absolute atomic E-state index is 12.2. The number of benzene rings is 1. The van der Waals surface area contributed by atoms with Crippen molar-refractivity contribution in [3.05, 3.63) is 47.8 Å². The fourth-order valence-electron chi connectivity index (χ4n) is 3.00. The van der Waals surface area contributed by atoms with Crippen molar-refractivity contribution in [3.8, 4) is 17.0 Å². The molecule has 1 aliphatic rings. The Kier molecular flexibility index (Phi) is 6.78. The number of ether oxygens (including phenoxy) is 1. The third kappa shape index (κ3) is 4.43. The molecule has 0 radical (unpaired) electrons. The maximum atomic E-state index is 12.2. The molecule has 0 spiro atoms. The van der Waals surface area contributed by atoms with Crippen LogP contribution < -0.4 is 10.1 Å². The normalized spacial score (nSPS) is 14.2. The fraction of sp³-hybridized carbons (Fsp3) is 0.368. The molecule has 2 aromatic rings. The molecule has 0 amide bonds. The fourth-order valence-corrected chi connectivity index (χ4v) is 3.90. The Balaban J connectivity index is 0.00000243. The van der Waals surface area contributed by atoms with E-state index in [2.05, 4.69) is 16.4 Å². The van der Waals surface area contributed by atoms with E-state index in [-0.39, 0.29) is 18.2 Å². The summed E-state index contributed by atoms with van der Waals surface area (Å²) in [6.45, 7) is 2.67. The number of allylic oxidation sites excluding steroid dienone is 2. The van der Waals surface area contributed by atoms with E-state index in [1.54, 1.807) is 32.2 Å². The summed E-state index contributed by atoms with van der Waals surface area (Å²) in [6, 6.07) is 9.00. The molecule has 0 bridgehead atoms. The highest BCUT2D eigenvalue weighted by atomic mass is 35.5. The van der Waals surface area contributed by atoms with E-state index in [1.165, 1.54) is 12.1 Å². The number of halogens is 1. The maximum Gasteiger partial charge on any atom is 0.178 e. The van der Waals surface area contributed by atoms with Gasteiger partial charge in [0.15, 0.2) is 9.84 Å². The van der Waals surface area contributed by atoms with Crippen LogP contribution in [-0.2, 0) is 16.3 Å². The average Bonchev–Trinajstić information content (AvgIpc) is 3.10. The molecular weight excluding hydrogens is 372 g/mol. The minimum absolute atomic E-state index is 0. The lowest BCUT2D eigenvalue weighted by Gasteiger charge is -2.15. The molecule has 0 atom stereocenters. The van der Waals surface area contributed by atoms with Crippen molar-refractivity contribution in [1.82, 2.24) is 10.3 Å². The van der Waals surface area contributed by atoms with Gasteiger partial charge < -0.3 is 15.0 Å². The van der Waals surface area contributed by atoms with Crippen molar-refractivity contribution < 1.29 is 13.2 Å². The van der Waals surface area contributed by atoms with E-state index in [1.807, 2.05) is 12.1 Å². The number of aromatic nitrogens is 1. The van der Waals surface area contributed by atoms with Crippen LogP contribution in [0.4, 0.5) is 0 Å². The van der Waals surface area contributed by atoms with Crippen molar-refractivity contribution in [2.24, 2.45) is 0 Å². The first-order valence-electron chi connectivity index (χ1n) is 8.55. The summed E-state index contributed by atoms with van der Waals surface area (Å²) < 4.78 is 29.8. The zero-order valence-electron chi connectivity index (χ0n) is 15.0. The summed E-state index contributed by atoms with van der Waals surface area (Å²) >= 11 is 0. The second-order valence-corrected chi connectivity index (χ2v) is 8.42. The summed E-state index contributed by atoms with van der Waals surface area (Å²) in [5, 5.41) is 3.41. The topological polar surface area (TPSA) is 71.2 Å².